The van der Waals surface area contributed by atoms with E-state index < -0.39 is 0 Å². The molecule has 3 rings (SSSR count). The molecule has 0 radical (unpaired) electrons. The van der Waals surface area contributed by atoms with Gasteiger partial charge < -0.3 is 10.1 Å². The van der Waals surface area contributed by atoms with Crippen LogP contribution in [0.4, 0.5) is 0 Å². The third-order valence-corrected chi connectivity index (χ3v) is 3.15. The monoisotopic (exact) mass is 258 g/mol. The van der Waals surface area contributed by atoms with E-state index in [0.29, 0.717) is 17.7 Å². The fourth-order valence-corrected chi connectivity index (χ4v) is 1.94. The minimum absolute atomic E-state index is 0.642. The largest absolute Gasteiger partial charge is 0.435 e. The van der Waals surface area contributed by atoms with Crippen molar-refractivity contribution in [1.29, 1.82) is 0 Å². The van der Waals surface area contributed by atoms with Crippen molar-refractivity contribution in [2.24, 2.45) is 7.05 Å². The van der Waals surface area contributed by atoms with Crippen LogP contribution in [0.15, 0.2) is 24.7 Å². The van der Waals surface area contributed by atoms with Gasteiger partial charge in [0.1, 0.15) is 0 Å². The number of nitrogens with zero attached hydrogens (tertiary/aromatic N) is 3. The molecular formula is C14H18N4O. The SMILES string of the molecule is Cc1cc(CNC2CC2)cnc1Oc1cnn(C)c1. The van der Waals surface area contributed by atoms with Gasteiger partial charge in [0.15, 0.2) is 5.75 Å². The lowest BCUT2D eigenvalue weighted by atomic mass is 10.2. The van der Waals surface area contributed by atoms with Gasteiger partial charge in [-0.3, -0.25) is 4.68 Å². The molecule has 0 bridgehead atoms. The number of pyridine rings is 1. The molecule has 0 unspecified atom stereocenters. The van der Waals surface area contributed by atoms with Gasteiger partial charge in [-0.2, -0.15) is 5.10 Å². The summed E-state index contributed by atoms with van der Waals surface area (Å²) >= 11 is 0. The van der Waals surface area contributed by atoms with Gasteiger partial charge in [0.05, 0.1) is 12.4 Å². The maximum Gasteiger partial charge on any atom is 0.222 e. The van der Waals surface area contributed by atoms with Crippen molar-refractivity contribution in [3.63, 3.8) is 0 Å². The highest BCUT2D eigenvalue weighted by molar-refractivity contribution is 5.32. The number of aryl methyl sites for hydroxylation is 2. The summed E-state index contributed by atoms with van der Waals surface area (Å²) in [6, 6.07) is 2.83. The van der Waals surface area contributed by atoms with E-state index in [4.69, 9.17) is 4.74 Å². The van der Waals surface area contributed by atoms with E-state index in [2.05, 4.69) is 21.5 Å². The maximum atomic E-state index is 5.71. The molecule has 0 aromatic carbocycles. The van der Waals surface area contributed by atoms with Crippen molar-refractivity contribution >= 4 is 0 Å². The Morgan fingerprint density at radius 1 is 1.42 bits per heavy atom. The first-order valence-electron chi connectivity index (χ1n) is 6.56. The van der Waals surface area contributed by atoms with Crippen LogP contribution in [0, 0.1) is 6.92 Å². The average Bonchev–Trinajstić information content (AvgIpc) is 3.13. The summed E-state index contributed by atoms with van der Waals surface area (Å²) in [6.07, 6.45) is 7.98. The third-order valence-electron chi connectivity index (χ3n) is 3.15. The van der Waals surface area contributed by atoms with E-state index >= 15 is 0 Å². The van der Waals surface area contributed by atoms with Crippen molar-refractivity contribution in [3.05, 3.63) is 35.8 Å². The van der Waals surface area contributed by atoms with Gasteiger partial charge in [0, 0.05) is 31.4 Å². The van der Waals surface area contributed by atoms with Gasteiger partial charge in [-0.05, 0) is 31.4 Å². The van der Waals surface area contributed by atoms with Gasteiger partial charge in [0.2, 0.25) is 5.88 Å². The molecule has 2 aromatic rings. The smallest absolute Gasteiger partial charge is 0.222 e. The first-order chi connectivity index (χ1) is 9.20. The molecule has 100 valence electrons. The first kappa shape index (κ1) is 12.2. The number of ether oxygens (including phenoxy) is 1. The van der Waals surface area contributed by atoms with E-state index in [1.54, 1.807) is 10.9 Å². The zero-order valence-corrected chi connectivity index (χ0v) is 11.3. The lowest BCUT2D eigenvalue weighted by Crippen LogP contribution is -2.15. The van der Waals surface area contributed by atoms with E-state index in [9.17, 15) is 0 Å². The van der Waals surface area contributed by atoms with Gasteiger partial charge in [-0.25, -0.2) is 4.98 Å². The summed E-state index contributed by atoms with van der Waals surface area (Å²) in [5, 5.41) is 7.55. The topological polar surface area (TPSA) is 52.0 Å². The summed E-state index contributed by atoms with van der Waals surface area (Å²) in [5.74, 6) is 1.35. The molecule has 1 aliphatic carbocycles. The van der Waals surface area contributed by atoms with E-state index in [1.807, 2.05) is 26.4 Å². The molecule has 19 heavy (non-hydrogen) atoms. The molecule has 1 saturated carbocycles. The lowest BCUT2D eigenvalue weighted by molar-refractivity contribution is 0.457. The Morgan fingerprint density at radius 2 is 2.26 bits per heavy atom. The molecule has 1 aliphatic rings. The van der Waals surface area contributed by atoms with Crippen molar-refractivity contribution in [2.75, 3.05) is 0 Å². The third kappa shape index (κ3) is 3.12. The average molecular weight is 258 g/mol. The summed E-state index contributed by atoms with van der Waals surface area (Å²) in [6.45, 7) is 2.89. The predicted molar refractivity (Wildman–Crippen MR) is 72.1 cm³/mol. The Labute approximate surface area is 112 Å². The Kier molecular flexibility index (Phi) is 3.21. The lowest BCUT2D eigenvalue weighted by Gasteiger charge is -2.08. The van der Waals surface area contributed by atoms with Crippen LogP contribution < -0.4 is 10.1 Å². The highest BCUT2D eigenvalue weighted by Crippen LogP contribution is 2.23. The molecule has 0 amide bonds. The van der Waals surface area contributed by atoms with Crippen LogP contribution in [-0.4, -0.2) is 20.8 Å². The number of aromatic nitrogens is 3. The quantitative estimate of drug-likeness (QED) is 0.893. The normalized spacial score (nSPS) is 14.6. The standard InChI is InChI=1S/C14H18N4O/c1-10-5-11(6-15-12-3-4-12)7-16-14(10)19-13-8-17-18(2)9-13/h5,7-9,12,15H,3-4,6H2,1-2H3. The van der Waals surface area contributed by atoms with Crippen LogP contribution in [0.5, 0.6) is 11.6 Å². The first-order valence-corrected chi connectivity index (χ1v) is 6.56. The van der Waals surface area contributed by atoms with Crippen LogP contribution in [0.25, 0.3) is 0 Å². The Balaban J connectivity index is 1.67. The molecule has 5 heteroatoms. The van der Waals surface area contributed by atoms with Crippen LogP contribution in [0.1, 0.15) is 24.0 Å². The molecule has 0 aliphatic heterocycles. The van der Waals surface area contributed by atoms with Gasteiger partial charge >= 0.3 is 0 Å². The Bertz CT molecular complexity index is 575. The number of hydrogen-bond acceptors (Lipinski definition) is 4. The molecular weight excluding hydrogens is 240 g/mol. The number of nitrogens with one attached hydrogen (secondary N) is 1. The van der Waals surface area contributed by atoms with Crippen LogP contribution in [0.3, 0.4) is 0 Å². The van der Waals surface area contributed by atoms with Crippen molar-refractivity contribution < 1.29 is 4.74 Å². The molecule has 0 atom stereocenters. The second-order valence-corrected chi connectivity index (χ2v) is 5.07. The molecule has 0 spiro atoms. The van der Waals surface area contributed by atoms with Gasteiger partial charge in [0.25, 0.3) is 0 Å². The predicted octanol–water partition coefficient (Wildman–Crippen LogP) is 2.17. The second kappa shape index (κ2) is 5.01. The maximum absolute atomic E-state index is 5.71. The summed E-state index contributed by atoms with van der Waals surface area (Å²) in [4.78, 5) is 4.38. The van der Waals surface area contributed by atoms with Gasteiger partial charge in [-0.1, -0.05) is 0 Å². The molecule has 2 aromatic heterocycles. The van der Waals surface area contributed by atoms with Crippen molar-refractivity contribution in [2.45, 2.75) is 32.4 Å². The van der Waals surface area contributed by atoms with E-state index in [1.165, 1.54) is 18.4 Å². The summed E-state index contributed by atoms with van der Waals surface area (Å²) in [7, 11) is 1.86. The summed E-state index contributed by atoms with van der Waals surface area (Å²) in [5.41, 5.74) is 2.24. The molecule has 0 saturated heterocycles. The molecule has 1 N–H and O–H groups in total. The summed E-state index contributed by atoms with van der Waals surface area (Å²) < 4.78 is 7.41. The van der Waals surface area contributed by atoms with Crippen LogP contribution in [-0.2, 0) is 13.6 Å². The minimum Gasteiger partial charge on any atom is -0.435 e. The molecule has 1 fully saturated rings. The Hall–Kier alpha value is -1.88. The molecule has 5 nitrogen and oxygen atoms in total. The minimum atomic E-state index is 0.642. The highest BCUT2D eigenvalue weighted by atomic mass is 16.5. The highest BCUT2D eigenvalue weighted by Gasteiger charge is 2.20. The molecule has 2 heterocycles. The number of rotatable bonds is 5. The Morgan fingerprint density at radius 3 is 2.89 bits per heavy atom. The van der Waals surface area contributed by atoms with Crippen molar-refractivity contribution in [1.82, 2.24) is 20.1 Å². The fourth-order valence-electron chi connectivity index (χ4n) is 1.94. The van der Waals surface area contributed by atoms with E-state index in [0.717, 1.165) is 12.1 Å². The fraction of sp³-hybridized carbons (Fsp3) is 0.429. The van der Waals surface area contributed by atoms with E-state index in [-0.39, 0.29) is 0 Å². The van der Waals surface area contributed by atoms with Gasteiger partial charge in [-0.15, -0.1) is 0 Å². The zero-order chi connectivity index (χ0) is 13.2. The number of hydrogen-bond donors (Lipinski definition) is 1. The van der Waals surface area contributed by atoms with Crippen LogP contribution >= 0.6 is 0 Å². The van der Waals surface area contributed by atoms with Crippen LogP contribution in [0.2, 0.25) is 0 Å². The van der Waals surface area contributed by atoms with Crippen molar-refractivity contribution in [3.8, 4) is 11.6 Å². The zero-order valence-electron chi connectivity index (χ0n) is 11.3. The second-order valence-electron chi connectivity index (χ2n) is 5.07.